The SMILES string of the molecule is CCCCO.CCC[CH2][Sn]([Cl])[CH2]CCC. The van der Waals surface area contributed by atoms with Crippen molar-refractivity contribution in [2.75, 3.05) is 6.61 Å². The zero-order valence-electron chi connectivity index (χ0n) is 10.7. The minimum absolute atomic E-state index is 0.344. The molecule has 0 aliphatic heterocycles. The Hall–Kier alpha value is 1.05. The summed E-state index contributed by atoms with van der Waals surface area (Å²) in [6.07, 6.45) is 7.44. The first-order chi connectivity index (χ1) is 7.22. The molecule has 0 fully saturated rings. The summed E-state index contributed by atoms with van der Waals surface area (Å²) < 4.78 is 2.81. The molecule has 0 spiro atoms. The second-order valence-corrected chi connectivity index (χ2v) is 13.2. The van der Waals surface area contributed by atoms with E-state index >= 15 is 0 Å². The molecule has 0 aliphatic rings. The van der Waals surface area contributed by atoms with Gasteiger partial charge in [0, 0.05) is 6.61 Å². The molecule has 15 heavy (non-hydrogen) atoms. The van der Waals surface area contributed by atoms with Gasteiger partial charge in [-0.25, -0.2) is 0 Å². The van der Waals surface area contributed by atoms with Crippen LogP contribution in [0.2, 0.25) is 8.87 Å². The second kappa shape index (κ2) is 17.4. The van der Waals surface area contributed by atoms with Gasteiger partial charge in [0.2, 0.25) is 0 Å². The Morgan fingerprint density at radius 1 is 0.867 bits per heavy atom. The molecule has 93 valence electrons. The molecule has 0 saturated heterocycles. The predicted octanol–water partition coefficient (Wildman–Crippen LogP) is 4.60. The number of rotatable bonds is 8. The fourth-order valence-corrected chi connectivity index (χ4v) is 7.73. The Balaban J connectivity index is 0. The summed E-state index contributed by atoms with van der Waals surface area (Å²) in [5.74, 6) is 0. The van der Waals surface area contributed by atoms with Gasteiger partial charge in [-0.15, -0.1) is 0 Å². The molecule has 1 N–H and O–H groups in total. The maximum atomic E-state index is 8.07. The van der Waals surface area contributed by atoms with E-state index in [1.165, 1.54) is 34.6 Å². The van der Waals surface area contributed by atoms with Crippen LogP contribution in [0.5, 0.6) is 0 Å². The van der Waals surface area contributed by atoms with Gasteiger partial charge in [-0.2, -0.15) is 0 Å². The molecule has 0 heterocycles. The van der Waals surface area contributed by atoms with Crippen LogP contribution in [0.25, 0.3) is 0 Å². The molecule has 0 atom stereocenters. The molecule has 3 heteroatoms. The fraction of sp³-hybridized carbons (Fsp3) is 1.00. The Morgan fingerprint density at radius 3 is 1.47 bits per heavy atom. The normalized spacial score (nSPS) is 10.0. The zero-order chi connectivity index (χ0) is 11.9. The van der Waals surface area contributed by atoms with Crippen molar-refractivity contribution in [3.63, 3.8) is 0 Å². The van der Waals surface area contributed by atoms with E-state index in [4.69, 9.17) is 14.0 Å². The van der Waals surface area contributed by atoms with Gasteiger partial charge in [-0.1, -0.05) is 13.3 Å². The number of hydrogen-bond donors (Lipinski definition) is 1. The summed E-state index contributed by atoms with van der Waals surface area (Å²) in [6, 6.07) is 0. The molecule has 0 aliphatic carbocycles. The molecule has 1 radical (unpaired) electrons. The van der Waals surface area contributed by atoms with E-state index in [9.17, 15) is 0 Å². The van der Waals surface area contributed by atoms with Gasteiger partial charge in [0.1, 0.15) is 0 Å². The predicted molar refractivity (Wildman–Crippen MR) is 73.0 cm³/mol. The van der Waals surface area contributed by atoms with Gasteiger partial charge in [-0.3, -0.25) is 0 Å². The van der Waals surface area contributed by atoms with Crippen LogP contribution in [-0.2, 0) is 0 Å². The van der Waals surface area contributed by atoms with Crippen molar-refractivity contribution >= 4 is 27.6 Å². The minimum atomic E-state index is -1.27. The van der Waals surface area contributed by atoms with E-state index in [2.05, 4.69) is 20.8 Å². The third kappa shape index (κ3) is 21.0. The summed E-state index contributed by atoms with van der Waals surface area (Å²) >= 11 is -1.27. The Bertz CT molecular complexity index is 91.6. The molecule has 0 aromatic rings. The molecule has 0 saturated carbocycles. The van der Waals surface area contributed by atoms with Crippen LogP contribution in [0, 0.1) is 0 Å². The molecule has 0 aromatic heterocycles. The summed E-state index contributed by atoms with van der Waals surface area (Å²) in [4.78, 5) is 0. The number of unbranched alkanes of at least 4 members (excludes halogenated alkanes) is 3. The van der Waals surface area contributed by atoms with Crippen molar-refractivity contribution in [3.05, 3.63) is 0 Å². The van der Waals surface area contributed by atoms with Crippen molar-refractivity contribution in [3.8, 4) is 0 Å². The first kappa shape index (κ1) is 18.4. The molecule has 0 unspecified atom stereocenters. The molecular formula is C12H28ClOSn. The Kier molecular flexibility index (Phi) is 21.4. The Morgan fingerprint density at radius 2 is 1.27 bits per heavy atom. The number of halogens is 1. The zero-order valence-corrected chi connectivity index (χ0v) is 14.3. The number of aliphatic hydroxyl groups excluding tert-OH is 1. The van der Waals surface area contributed by atoms with E-state index in [0.29, 0.717) is 6.61 Å². The van der Waals surface area contributed by atoms with E-state index in [0.717, 1.165) is 12.8 Å². The fourth-order valence-electron chi connectivity index (χ4n) is 1.02. The first-order valence-electron chi connectivity index (χ1n) is 6.33. The van der Waals surface area contributed by atoms with Crippen LogP contribution in [0.1, 0.15) is 59.3 Å². The molecule has 1 nitrogen and oxygen atoms in total. The van der Waals surface area contributed by atoms with Crippen LogP contribution in [0.15, 0.2) is 0 Å². The Labute approximate surface area is 107 Å². The quantitative estimate of drug-likeness (QED) is 0.639. The van der Waals surface area contributed by atoms with Gasteiger partial charge in [-0.05, 0) is 6.42 Å². The van der Waals surface area contributed by atoms with Crippen LogP contribution in [0.3, 0.4) is 0 Å². The van der Waals surface area contributed by atoms with Crippen LogP contribution in [0.4, 0.5) is 0 Å². The van der Waals surface area contributed by atoms with E-state index in [-0.39, 0.29) is 0 Å². The van der Waals surface area contributed by atoms with Gasteiger partial charge < -0.3 is 5.11 Å². The van der Waals surface area contributed by atoms with Crippen molar-refractivity contribution in [2.24, 2.45) is 0 Å². The van der Waals surface area contributed by atoms with Crippen LogP contribution >= 0.6 is 8.92 Å². The third-order valence-electron chi connectivity index (χ3n) is 2.11. The first-order valence-corrected chi connectivity index (χ1v) is 14.0. The molecule has 0 aromatic carbocycles. The van der Waals surface area contributed by atoms with Gasteiger partial charge in [0.25, 0.3) is 0 Å². The van der Waals surface area contributed by atoms with E-state index in [1.807, 2.05) is 0 Å². The standard InChI is InChI=1S/C4H10O.2C4H9.ClH.Sn/c1-2-3-4-5;2*1-3-4-2;;/h5H,2-4H2,1H3;2*1,3-4H2,2H3;1H;/q;;;;+1/p-1. The van der Waals surface area contributed by atoms with Crippen molar-refractivity contribution in [1.82, 2.24) is 0 Å². The van der Waals surface area contributed by atoms with Crippen molar-refractivity contribution in [1.29, 1.82) is 0 Å². The molecule has 0 amide bonds. The van der Waals surface area contributed by atoms with Crippen LogP contribution < -0.4 is 0 Å². The monoisotopic (exact) mass is 343 g/mol. The van der Waals surface area contributed by atoms with Gasteiger partial charge in [0.15, 0.2) is 0 Å². The maximum absolute atomic E-state index is 8.07. The molecular weight excluding hydrogens is 314 g/mol. The topological polar surface area (TPSA) is 20.2 Å². The van der Waals surface area contributed by atoms with Crippen molar-refractivity contribution in [2.45, 2.75) is 68.2 Å². The molecule has 0 bridgehead atoms. The summed E-state index contributed by atoms with van der Waals surface area (Å²) in [7, 11) is 6.24. The van der Waals surface area contributed by atoms with Crippen LogP contribution in [-0.4, -0.2) is 30.3 Å². The number of hydrogen-bond acceptors (Lipinski definition) is 1. The number of aliphatic hydroxyl groups is 1. The molecule has 0 rings (SSSR count). The summed E-state index contributed by atoms with van der Waals surface area (Å²) in [5, 5.41) is 8.07. The average molecular weight is 343 g/mol. The second-order valence-electron chi connectivity index (χ2n) is 3.80. The van der Waals surface area contributed by atoms with E-state index in [1.54, 1.807) is 0 Å². The summed E-state index contributed by atoms with van der Waals surface area (Å²) in [6.45, 7) is 6.88. The summed E-state index contributed by atoms with van der Waals surface area (Å²) in [5.41, 5.74) is 0. The average Bonchev–Trinajstić information content (AvgIpc) is 2.25. The van der Waals surface area contributed by atoms with Gasteiger partial charge >= 0.3 is 76.0 Å². The van der Waals surface area contributed by atoms with Gasteiger partial charge in [0.05, 0.1) is 0 Å². The third-order valence-corrected chi connectivity index (χ3v) is 9.77. The van der Waals surface area contributed by atoms with Crippen molar-refractivity contribution < 1.29 is 5.11 Å². The van der Waals surface area contributed by atoms with E-state index < -0.39 is 18.6 Å².